The fourth-order valence-corrected chi connectivity index (χ4v) is 8.62. The lowest BCUT2D eigenvalue weighted by Gasteiger charge is -2.38. The fraction of sp³-hybridized carbons (Fsp3) is 0.516. The fourth-order valence-electron chi connectivity index (χ4n) is 5.99. The number of para-hydroxylation sites is 1. The molecule has 2 N–H and O–H groups in total. The first-order valence-electron chi connectivity index (χ1n) is 15.1. The summed E-state index contributed by atoms with van der Waals surface area (Å²) in [6.45, 7) is 6.20. The molecule has 2 aliphatic rings. The number of aliphatic hydroxyl groups is 1. The smallest absolute Gasteiger partial charge is 0.248 e. The molecule has 14 heteroatoms. The zero-order chi connectivity index (χ0) is 32.6. The number of aliphatic hydroxyl groups excluding tert-OH is 1. The number of hydrogen-bond acceptors (Lipinski definition) is 9. The molecule has 5 rings (SSSR count). The van der Waals surface area contributed by atoms with Crippen LogP contribution < -0.4 is 15.5 Å². The van der Waals surface area contributed by atoms with E-state index in [1.807, 2.05) is 0 Å². The molecule has 0 amide bonds. The molecule has 1 spiro atoms. The number of rotatable bonds is 11. The summed E-state index contributed by atoms with van der Waals surface area (Å²) in [5.74, 6) is -0.230. The van der Waals surface area contributed by atoms with Crippen LogP contribution in [0.2, 0.25) is 0 Å². The van der Waals surface area contributed by atoms with Crippen LogP contribution in [0.5, 0.6) is 5.75 Å². The molecule has 0 bridgehead atoms. The van der Waals surface area contributed by atoms with E-state index in [4.69, 9.17) is 9.47 Å². The Labute approximate surface area is 262 Å². The maximum absolute atomic E-state index is 14.5. The van der Waals surface area contributed by atoms with E-state index in [-0.39, 0.29) is 53.0 Å². The number of ether oxygens (including phenoxy) is 2. The number of aryl methyl sites for hydroxylation is 1. The molecule has 11 nitrogen and oxygen atoms in total. The predicted molar refractivity (Wildman–Crippen MR) is 167 cm³/mol. The Bertz CT molecular complexity index is 1820. The third-order valence-corrected chi connectivity index (χ3v) is 12.7. The molecular weight excluding hydrogens is 625 g/mol. The van der Waals surface area contributed by atoms with Crippen LogP contribution in [0.1, 0.15) is 40.0 Å². The average molecular weight is 666 g/mol. The van der Waals surface area contributed by atoms with Crippen LogP contribution in [0.15, 0.2) is 63.2 Å². The van der Waals surface area contributed by atoms with Gasteiger partial charge >= 0.3 is 0 Å². The van der Waals surface area contributed by atoms with Gasteiger partial charge in [0.05, 0.1) is 33.3 Å². The van der Waals surface area contributed by atoms with Gasteiger partial charge in [0, 0.05) is 38.4 Å². The van der Waals surface area contributed by atoms with Gasteiger partial charge in [-0.05, 0) is 70.4 Å². The lowest BCUT2D eigenvalue weighted by atomic mass is 9.88. The Balaban J connectivity index is 1.15. The molecule has 2 atom stereocenters. The second-order valence-corrected chi connectivity index (χ2v) is 16.4. The van der Waals surface area contributed by atoms with Gasteiger partial charge < -0.3 is 24.5 Å². The maximum Gasteiger partial charge on any atom is 0.248 e. The lowest BCUT2D eigenvalue weighted by molar-refractivity contribution is -0.0312. The molecule has 2 fully saturated rings. The SMILES string of the molecule is CCn1cc(S(=O)(=O)N2CCC3(CC2)C[C@@H](NCC(O)COc2cccc(S(=O)(=O)C(C)C)c2)CO3)c(=O)c2cccc(F)c21. The van der Waals surface area contributed by atoms with E-state index in [1.165, 1.54) is 45.4 Å². The molecule has 1 unspecified atom stereocenters. The van der Waals surface area contributed by atoms with E-state index in [2.05, 4.69) is 5.32 Å². The summed E-state index contributed by atoms with van der Waals surface area (Å²) in [5, 5.41) is 13.3. The lowest BCUT2D eigenvalue weighted by Crippen LogP contribution is -2.47. The van der Waals surface area contributed by atoms with Crippen molar-refractivity contribution in [2.45, 2.75) is 79.4 Å². The summed E-state index contributed by atoms with van der Waals surface area (Å²) in [6.07, 6.45) is 1.88. The van der Waals surface area contributed by atoms with Crippen molar-refractivity contribution in [2.75, 3.05) is 32.8 Å². The second-order valence-electron chi connectivity index (χ2n) is 12.0. The first-order chi connectivity index (χ1) is 21.3. The van der Waals surface area contributed by atoms with Crippen molar-refractivity contribution in [1.29, 1.82) is 0 Å². The summed E-state index contributed by atoms with van der Waals surface area (Å²) >= 11 is 0. The Morgan fingerprint density at radius 3 is 2.53 bits per heavy atom. The first-order valence-corrected chi connectivity index (χ1v) is 18.1. The zero-order valence-electron chi connectivity index (χ0n) is 25.6. The number of nitrogens with zero attached hydrogens (tertiary/aromatic N) is 2. The van der Waals surface area contributed by atoms with Crippen LogP contribution in [-0.2, 0) is 31.1 Å². The number of sulfone groups is 1. The minimum atomic E-state index is -4.13. The molecule has 246 valence electrons. The van der Waals surface area contributed by atoms with Crippen LogP contribution in [0.4, 0.5) is 4.39 Å². The second kappa shape index (κ2) is 13.1. The molecule has 0 radical (unpaired) electrons. The number of hydrogen-bond donors (Lipinski definition) is 2. The molecule has 2 saturated heterocycles. The van der Waals surface area contributed by atoms with Gasteiger partial charge in [0.15, 0.2) is 9.84 Å². The van der Waals surface area contributed by atoms with Crippen molar-refractivity contribution < 1.29 is 35.8 Å². The minimum absolute atomic E-state index is 0.0274. The summed E-state index contributed by atoms with van der Waals surface area (Å²) in [4.78, 5) is 13.0. The van der Waals surface area contributed by atoms with E-state index in [1.54, 1.807) is 32.9 Å². The third kappa shape index (κ3) is 6.81. The quantitative estimate of drug-likeness (QED) is 0.316. The molecule has 2 aliphatic heterocycles. The van der Waals surface area contributed by atoms with E-state index in [9.17, 15) is 31.1 Å². The summed E-state index contributed by atoms with van der Waals surface area (Å²) in [5.41, 5.74) is -1.15. The molecule has 45 heavy (non-hydrogen) atoms. The van der Waals surface area contributed by atoms with Gasteiger partial charge in [-0.3, -0.25) is 4.79 Å². The summed E-state index contributed by atoms with van der Waals surface area (Å²) in [6, 6.07) is 10.2. The molecule has 0 aliphatic carbocycles. The maximum atomic E-state index is 14.5. The third-order valence-electron chi connectivity index (χ3n) is 8.66. The average Bonchev–Trinajstić information content (AvgIpc) is 3.41. The largest absolute Gasteiger partial charge is 0.491 e. The van der Waals surface area contributed by atoms with Gasteiger partial charge in [-0.2, -0.15) is 4.31 Å². The zero-order valence-corrected chi connectivity index (χ0v) is 27.2. The molecule has 3 heterocycles. The number of piperidine rings is 1. The van der Waals surface area contributed by atoms with Crippen LogP contribution in [-0.4, -0.2) is 86.7 Å². The van der Waals surface area contributed by atoms with E-state index in [0.717, 1.165) is 0 Å². The number of pyridine rings is 1. The molecular formula is C31H40FN3O8S2. The minimum Gasteiger partial charge on any atom is -0.491 e. The van der Waals surface area contributed by atoms with Crippen LogP contribution >= 0.6 is 0 Å². The van der Waals surface area contributed by atoms with Crippen LogP contribution in [0, 0.1) is 5.82 Å². The van der Waals surface area contributed by atoms with Crippen LogP contribution in [0.3, 0.4) is 0 Å². The van der Waals surface area contributed by atoms with Gasteiger partial charge in [-0.1, -0.05) is 12.1 Å². The highest BCUT2D eigenvalue weighted by atomic mass is 32.2. The number of nitrogens with one attached hydrogen (secondary N) is 1. The monoisotopic (exact) mass is 665 g/mol. The molecule has 1 aromatic heterocycles. The van der Waals surface area contributed by atoms with Crippen molar-refractivity contribution >= 4 is 30.8 Å². The Morgan fingerprint density at radius 2 is 1.84 bits per heavy atom. The standard InChI is InChI=1S/C31H40FN3O8S2/c1-4-34-18-28(30(37)26-9-6-10-27(32)29(26)34)45(40,41)35-13-11-31(12-14-35)16-22(19-43-31)33-17-23(36)20-42-24-7-5-8-25(15-24)44(38,39)21(2)3/h5-10,15,18,21-23,33,36H,4,11-14,16-17,19-20H2,1-3H3/t22-,23?/m1/s1. The summed E-state index contributed by atoms with van der Waals surface area (Å²) < 4.78 is 81.1. The van der Waals surface area contributed by atoms with Crippen LogP contribution in [0.25, 0.3) is 10.9 Å². The van der Waals surface area contributed by atoms with E-state index < -0.39 is 48.1 Å². The predicted octanol–water partition coefficient (Wildman–Crippen LogP) is 2.68. The van der Waals surface area contributed by atoms with Gasteiger partial charge in [0.25, 0.3) is 0 Å². The van der Waals surface area contributed by atoms with Crippen molar-refractivity contribution in [3.05, 3.63) is 64.7 Å². The number of aromatic nitrogens is 1. The van der Waals surface area contributed by atoms with Gasteiger partial charge in [0.1, 0.15) is 29.2 Å². The first kappa shape index (κ1) is 33.5. The number of fused-ring (bicyclic) bond motifs is 1. The van der Waals surface area contributed by atoms with Crippen molar-refractivity contribution in [2.24, 2.45) is 0 Å². The number of halogens is 1. The van der Waals surface area contributed by atoms with Gasteiger partial charge in [0.2, 0.25) is 15.5 Å². The van der Waals surface area contributed by atoms with Gasteiger partial charge in [-0.25, -0.2) is 21.2 Å². The molecule has 0 saturated carbocycles. The van der Waals surface area contributed by atoms with E-state index in [0.29, 0.717) is 38.2 Å². The number of benzene rings is 2. The van der Waals surface area contributed by atoms with E-state index >= 15 is 0 Å². The Hall–Kier alpha value is -2.88. The normalized spacial score (nSPS) is 19.8. The topological polar surface area (TPSA) is 144 Å². The van der Waals surface area contributed by atoms with Crippen molar-refractivity contribution in [3.63, 3.8) is 0 Å². The number of sulfonamides is 1. The van der Waals surface area contributed by atoms with Crippen molar-refractivity contribution in [3.8, 4) is 5.75 Å². The summed E-state index contributed by atoms with van der Waals surface area (Å²) in [7, 11) is -7.58. The van der Waals surface area contributed by atoms with Crippen molar-refractivity contribution in [1.82, 2.24) is 14.2 Å². The highest BCUT2D eigenvalue weighted by Gasteiger charge is 2.45. The Kier molecular flexibility index (Phi) is 9.74. The highest BCUT2D eigenvalue weighted by Crippen LogP contribution is 2.37. The highest BCUT2D eigenvalue weighted by molar-refractivity contribution is 7.92. The molecule has 2 aromatic carbocycles. The molecule has 3 aromatic rings. The Morgan fingerprint density at radius 1 is 1.13 bits per heavy atom. The van der Waals surface area contributed by atoms with Gasteiger partial charge in [-0.15, -0.1) is 0 Å².